The van der Waals surface area contributed by atoms with Crippen molar-refractivity contribution in [1.82, 2.24) is 9.78 Å². The Hall–Kier alpha value is -2.17. The van der Waals surface area contributed by atoms with Crippen LogP contribution in [0.1, 0.15) is 21.7 Å². The Labute approximate surface area is 97.9 Å². The molecule has 17 heavy (non-hydrogen) atoms. The summed E-state index contributed by atoms with van der Waals surface area (Å²) in [6, 6.07) is 5.95. The first-order valence-electron chi connectivity index (χ1n) is 5.12. The third-order valence-electron chi connectivity index (χ3n) is 2.47. The Morgan fingerprint density at radius 1 is 1.35 bits per heavy atom. The maximum atomic E-state index is 13.8. The molecule has 1 amide bonds. The van der Waals surface area contributed by atoms with Gasteiger partial charge in [0.2, 0.25) is 5.91 Å². The number of aryl methyl sites for hydroxylation is 2. The molecule has 0 aliphatic rings. The second-order valence-electron chi connectivity index (χ2n) is 3.87. The predicted octanol–water partition coefficient (Wildman–Crippen LogP) is 1.73. The third kappa shape index (κ3) is 2.04. The minimum absolute atomic E-state index is 0.146. The number of aromatic nitrogens is 2. The van der Waals surface area contributed by atoms with Crippen LogP contribution in [0.25, 0.3) is 5.69 Å². The highest BCUT2D eigenvalue weighted by molar-refractivity contribution is 5.92. The van der Waals surface area contributed by atoms with Crippen LogP contribution in [0.2, 0.25) is 0 Å². The Kier molecular flexibility index (Phi) is 2.67. The number of carbonyl (C=O) groups is 1. The van der Waals surface area contributed by atoms with Crippen molar-refractivity contribution in [2.75, 3.05) is 0 Å². The van der Waals surface area contributed by atoms with Crippen LogP contribution < -0.4 is 5.73 Å². The number of primary amides is 1. The van der Waals surface area contributed by atoms with Crippen LogP contribution in [-0.2, 0) is 0 Å². The average molecular weight is 233 g/mol. The van der Waals surface area contributed by atoms with E-state index in [1.807, 2.05) is 19.9 Å². The Morgan fingerprint density at radius 3 is 2.53 bits per heavy atom. The van der Waals surface area contributed by atoms with E-state index in [1.165, 1.54) is 16.8 Å². The van der Waals surface area contributed by atoms with Gasteiger partial charge >= 0.3 is 0 Å². The van der Waals surface area contributed by atoms with Gasteiger partial charge in [-0.1, -0.05) is 0 Å². The molecular formula is C12H12FN3O. The van der Waals surface area contributed by atoms with E-state index < -0.39 is 11.7 Å². The summed E-state index contributed by atoms with van der Waals surface area (Å²) in [5.41, 5.74) is 7.16. The predicted molar refractivity (Wildman–Crippen MR) is 61.5 cm³/mol. The number of amides is 1. The van der Waals surface area contributed by atoms with Gasteiger partial charge in [-0.25, -0.2) is 9.07 Å². The minimum Gasteiger partial charge on any atom is -0.366 e. The fourth-order valence-electron chi connectivity index (χ4n) is 1.70. The number of hydrogen-bond acceptors (Lipinski definition) is 2. The molecule has 4 nitrogen and oxygen atoms in total. The van der Waals surface area contributed by atoms with E-state index in [-0.39, 0.29) is 5.56 Å². The van der Waals surface area contributed by atoms with Crippen molar-refractivity contribution in [2.24, 2.45) is 5.73 Å². The smallest absolute Gasteiger partial charge is 0.248 e. The topological polar surface area (TPSA) is 60.9 Å². The largest absolute Gasteiger partial charge is 0.366 e. The number of hydrogen-bond donors (Lipinski definition) is 1. The summed E-state index contributed by atoms with van der Waals surface area (Å²) in [4.78, 5) is 10.9. The summed E-state index contributed by atoms with van der Waals surface area (Å²) >= 11 is 0. The van der Waals surface area contributed by atoms with E-state index >= 15 is 0 Å². The van der Waals surface area contributed by atoms with E-state index in [0.717, 1.165) is 17.5 Å². The first-order chi connectivity index (χ1) is 7.99. The summed E-state index contributed by atoms with van der Waals surface area (Å²) in [6.45, 7) is 3.67. The number of halogens is 1. The minimum atomic E-state index is -0.649. The van der Waals surface area contributed by atoms with Gasteiger partial charge < -0.3 is 5.73 Å². The summed E-state index contributed by atoms with van der Waals surface area (Å²) in [7, 11) is 0. The molecule has 1 aromatic heterocycles. The standard InChI is InChI=1S/C12H12FN3O/c1-7-5-8(2)16(15-7)11-4-3-9(12(14)17)6-10(11)13/h3-6H,1-2H3,(H2,14,17). The second kappa shape index (κ2) is 4.01. The molecule has 0 fully saturated rings. The first kappa shape index (κ1) is 11.3. The lowest BCUT2D eigenvalue weighted by Gasteiger charge is -2.06. The molecule has 0 bridgehead atoms. The number of rotatable bonds is 2. The lowest BCUT2D eigenvalue weighted by Crippen LogP contribution is -2.12. The van der Waals surface area contributed by atoms with Gasteiger partial charge in [0.25, 0.3) is 0 Å². The zero-order valence-electron chi connectivity index (χ0n) is 9.57. The van der Waals surface area contributed by atoms with Gasteiger partial charge in [-0.05, 0) is 38.1 Å². The summed E-state index contributed by atoms with van der Waals surface area (Å²) < 4.78 is 15.3. The van der Waals surface area contributed by atoms with Crippen LogP contribution in [0, 0.1) is 19.7 Å². The maximum absolute atomic E-state index is 13.8. The molecule has 2 N–H and O–H groups in total. The Morgan fingerprint density at radius 2 is 2.06 bits per heavy atom. The molecule has 1 heterocycles. The molecule has 2 aromatic rings. The zero-order valence-corrected chi connectivity index (χ0v) is 9.57. The lowest BCUT2D eigenvalue weighted by atomic mass is 10.2. The van der Waals surface area contributed by atoms with Gasteiger partial charge in [0.05, 0.1) is 5.69 Å². The highest BCUT2D eigenvalue weighted by atomic mass is 19.1. The van der Waals surface area contributed by atoms with Gasteiger partial charge in [-0.3, -0.25) is 4.79 Å². The molecular weight excluding hydrogens is 221 g/mol. The third-order valence-corrected chi connectivity index (χ3v) is 2.47. The first-order valence-corrected chi connectivity index (χ1v) is 5.12. The van der Waals surface area contributed by atoms with Crippen molar-refractivity contribution < 1.29 is 9.18 Å². The van der Waals surface area contributed by atoms with Crippen molar-refractivity contribution in [3.63, 3.8) is 0 Å². The van der Waals surface area contributed by atoms with Gasteiger partial charge in [0, 0.05) is 11.3 Å². The molecule has 0 spiro atoms. The van der Waals surface area contributed by atoms with Gasteiger partial charge in [-0.15, -0.1) is 0 Å². The van der Waals surface area contributed by atoms with Crippen LogP contribution in [0.4, 0.5) is 4.39 Å². The SMILES string of the molecule is Cc1cc(C)n(-c2ccc(C(N)=O)cc2F)n1. The molecule has 0 unspecified atom stereocenters. The van der Waals surface area contributed by atoms with Gasteiger partial charge in [0.15, 0.2) is 0 Å². The molecule has 0 radical (unpaired) electrons. The number of nitrogens with two attached hydrogens (primary N) is 1. The van der Waals surface area contributed by atoms with E-state index in [2.05, 4.69) is 5.10 Å². The van der Waals surface area contributed by atoms with Crippen LogP contribution in [-0.4, -0.2) is 15.7 Å². The highest BCUT2D eigenvalue weighted by Gasteiger charge is 2.11. The molecule has 0 saturated heterocycles. The summed E-state index contributed by atoms with van der Waals surface area (Å²) in [5, 5.41) is 4.18. The van der Waals surface area contributed by atoms with Crippen LogP contribution >= 0.6 is 0 Å². The monoisotopic (exact) mass is 233 g/mol. The van der Waals surface area contributed by atoms with Gasteiger partial charge in [-0.2, -0.15) is 5.10 Å². The molecule has 2 rings (SSSR count). The Balaban J connectivity index is 2.54. The summed E-state index contributed by atoms with van der Waals surface area (Å²) in [5.74, 6) is -1.17. The maximum Gasteiger partial charge on any atom is 0.248 e. The van der Waals surface area contributed by atoms with E-state index in [4.69, 9.17) is 5.73 Å². The van der Waals surface area contributed by atoms with Crippen molar-refractivity contribution in [3.05, 3.63) is 47.0 Å². The molecule has 88 valence electrons. The van der Waals surface area contributed by atoms with Crippen molar-refractivity contribution >= 4 is 5.91 Å². The molecule has 0 saturated carbocycles. The van der Waals surface area contributed by atoms with Crippen LogP contribution in [0.3, 0.4) is 0 Å². The zero-order chi connectivity index (χ0) is 12.6. The highest BCUT2D eigenvalue weighted by Crippen LogP contribution is 2.17. The molecule has 1 aromatic carbocycles. The van der Waals surface area contributed by atoms with E-state index in [9.17, 15) is 9.18 Å². The lowest BCUT2D eigenvalue weighted by molar-refractivity contribution is 0.1000. The normalized spacial score (nSPS) is 10.5. The summed E-state index contributed by atoms with van der Waals surface area (Å²) in [6.07, 6.45) is 0. The number of nitrogens with zero attached hydrogens (tertiary/aromatic N) is 2. The van der Waals surface area contributed by atoms with Crippen LogP contribution in [0.5, 0.6) is 0 Å². The second-order valence-corrected chi connectivity index (χ2v) is 3.87. The van der Waals surface area contributed by atoms with E-state index in [0.29, 0.717) is 5.69 Å². The number of carbonyl (C=O) groups excluding carboxylic acids is 1. The average Bonchev–Trinajstić information content (AvgIpc) is 2.57. The number of benzene rings is 1. The molecule has 0 aliphatic carbocycles. The van der Waals surface area contributed by atoms with Crippen molar-refractivity contribution in [2.45, 2.75) is 13.8 Å². The quantitative estimate of drug-likeness (QED) is 0.858. The van der Waals surface area contributed by atoms with Crippen molar-refractivity contribution in [3.8, 4) is 5.69 Å². The van der Waals surface area contributed by atoms with Gasteiger partial charge in [0.1, 0.15) is 11.5 Å². The fourth-order valence-corrected chi connectivity index (χ4v) is 1.70. The molecule has 0 atom stereocenters. The molecule has 0 aliphatic heterocycles. The fraction of sp³-hybridized carbons (Fsp3) is 0.167. The van der Waals surface area contributed by atoms with Crippen LogP contribution in [0.15, 0.2) is 24.3 Å². The van der Waals surface area contributed by atoms with Crippen molar-refractivity contribution in [1.29, 1.82) is 0 Å². The molecule has 5 heteroatoms. The Bertz CT molecular complexity index is 589. The van der Waals surface area contributed by atoms with E-state index in [1.54, 1.807) is 0 Å².